The molecule has 0 heterocycles. The zero-order valence-corrected chi connectivity index (χ0v) is 17.3. The third-order valence-corrected chi connectivity index (χ3v) is 5.82. The summed E-state index contributed by atoms with van der Waals surface area (Å²) in [7, 11) is 0.329. The molecular formula is C25H26OSi. The molecule has 0 unspecified atom stereocenters. The predicted octanol–water partition coefficient (Wildman–Crippen LogP) is 5.99. The lowest BCUT2D eigenvalue weighted by Crippen LogP contribution is -2.07. The number of aryl methyl sites for hydroxylation is 3. The number of benzene rings is 3. The van der Waals surface area contributed by atoms with Crippen LogP contribution in [0.1, 0.15) is 33.4 Å². The second kappa shape index (κ2) is 9.49. The SMILES string of the molecule is Cc1ccccc1C=C([Si]OCCc1ccccc1C)c1ccccc1C. The Hall–Kier alpha value is -2.42. The van der Waals surface area contributed by atoms with Crippen LogP contribution in [0.4, 0.5) is 0 Å². The predicted molar refractivity (Wildman–Crippen MR) is 117 cm³/mol. The summed E-state index contributed by atoms with van der Waals surface area (Å²) in [4.78, 5) is 0. The van der Waals surface area contributed by atoms with E-state index < -0.39 is 0 Å². The van der Waals surface area contributed by atoms with Crippen LogP contribution >= 0.6 is 0 Å². The van der Waals surface area contributed by atoms with Gasteiger partial charge < -0.3 is 4.43 Å². The zero-order chi connectivity index (χ0) is 19.1. The van der Waals surface area contributed by atoms with E-state index in [-0.39, 0.29) is 0 Å². The summed E-state index contributed by atoms with van der Waals surface area (Å²) in [5.74, 6) is 0. The van der Waals surface area contributed by atoms with E-state index in [0.717, 1.165) is 13.0 Å². The maximum atomic E-state index is 6.14. The van der Waals surface area contributed by atoms with Gasteiger partial charge in [-0.25, -0.2) is 0 Å². The van der Waals surface area contributed by atoms with E-state index in [2.05, 4.69) is 99.6 Å². The first-order chi connectivity index (χ1) is 13.1. The molecule has 2 radical (unpaired) electrons. The van der Waals surface area contributed by atoms with E-state index in [9.17, 15) is 0 Å². The lowest BCUT2D eigenvalue weighted by Gasteiger charge is -2.12. The van der Waals surface area contributed by atoms with E-state index in [0.29, 0.717) is 9.76 Å². The summed E-state index contributed by atoms with van der Waals surface area (Å²) in [6, 6.07) is 25.6. The van der Waals surface area contributed by atoms with Gasteiger partial charge >= 0.3 is 0 Å². The lowest BCUT2D eigenvalue weighted by molar-refractivity contribution is 0.347. The van der Waals surface area contributed by atoms with Crippen LogP contribution in [0.5, 0.6) is 0 Å². The summed E-state index contributed by atoms with van der Waals surface area (Å²) < 4.78 is 6.14. The molecule has 136 valence electrons. The van der Waals surface area contributed by atoms with Crippen LogP contribution in [0.3, 0.4) is 0 Å². The minimum absolute atomic E-state index is 0.329. The lowest BCUT2D eigenvalue weighted by atomic mass is 10.0. The Kier molecular flexibility index (Phi) is 6.80. The summed E-state index contributed by atoms with van der Waals surface area (Å²) >= 11 is 0. The molecular weight excluding hydrogens is 344 g/mol. The highest BCUT2D eigenvalue weighted by molar-refractivity contribution is 6.57. The van der Waals surface area contributed by atoms with Crippen LogP contribution in [0.15, 0.2) is 72.8 Å². The van der Waals surface area contributed by atoms with Crippen LogP contribution in [-0.4, -0.2) is 16.4 Å². The van der Waals surface area contributed by atoms with Crippen molar-refractivity contribution in [1.82, 2.24) is 0 Å². The quantitative estimate of drug-likeness (QED) is 0.282. The van der Waals surface area contributed by atoms with Crippen molar-refractivity contribution in [3.8, 4) is 0 Å². The zero-order valence-electron chi connectivity index (χ0n) is 16.3. The molecule has 0 atom stereocenters. The van der Waals surface area contributed by atoms with Gasteiger partial charge in [-0.05, 0) is 65.8 Å². The van der Waals surface area contributed by atoms with Crippen molar-refractivity contribution in [2.45, 2.75) is 27.2 Å². The van der Waals surface area contributed by atoms with E-state index >= 15 is 0 Å². The van der Waals surface area contributed by atoms with E-state index in [1.807, 2.05) is 0 Å². The Labute approximate surface area is 165 Å². The fourth-order valence-electron chi connectivity index (χ4n) is 3.12. The smallest absolute Gasteiger partial charge is 0.269 e. The highest BCUT2D eigenvalue weighted by atomic mass is 28.2. The van der Waals surface area contributed by atoms with Gasteiger partial charge in [-0.2, -0.15) is 0 Å². The second-order valence-electron chi connectivity index (χ2n) is 6.86. The van der Waals surface area contributed by atoms with E-state index in [1.54, 1.807) is 0 Å². The molecule has 0 fully saturated rings. The van der Waals surface area contributed by atoms with Crippen LogP contribution in [0.2, 0.25) is 0 Å². The monoisotopic (exact) mass is 370 g/mol. The molecule has 0 saturated heterocycles. The molecule has 2 heteroatoms. The average molecular weight is 371 g/mol. The third-order valence-electron chi connectivity index (χ3n) is 4.84. The molecule has 3 aromatic carbocycles. The van der Waals surface area contributed by atoms with Gasteiger partial charge in [-0.15, -0.1) is 0 Å². The molecule has 0 amide bonds. The Morgan fingerprint density at radius 3 is 2.11 bits per heavy atom. The van der Waals surface area contributed by atoms with Crippen LogP contribution in [0, 0.1) is 20.8 Å². The van der Waals surface area contributed by atoms with Crippen molar-refractivity contribution in [3.63, 3.8) is 0 Å². The van der Waals surface area contributed by atoms with Gasteiger partial charge in [0.2, 0.25) is 0 Å². The molecule has 3 aromatic rings. The molecule has 0 spiro atoms. The minimum atomic E-state index is 0.329. The molecule has 27 heavy (non-hydrogen) atoms. The van der Waals surface area contributed by atoms with E-state index in [4.69, 9.17) is 4.43 Å². The van der Waals surface area contributed by atoms with Crippen molar-refractivity contribution in [1.29, 1.82) is 0 Å². The molecule has 0 aromatic heterocycles. The molecule has 0 N–H and O–H groups in total. The number of hydrogen-bond acceptors (Lipinski definition) is 1. The Morgan fingerprint density at radius 1 is 0.778 bits per heavy atom. The number of rotatable bonds is 7. The number of hydrogen-bond donors (Lipinski definition) is 0. The van der Waals surface area contributed by atoms with E-state index in [1.165, 1.54) is 38.6 Å². The van der Waals surface area contributed by atoms with Crippen molar-refractivity contribution in [2.24, 2.45) is 0 Å². The maximum absolute atomic E-state index is 6.14. The third kappa shape index (κ3) is 5.28. The first kappa shape index (κ1) is 19.3. The van der Waals surface area contributed by atoms with Crippen molar-refractivity contribution in [3.05, 3.63) is 106 Å². The van der Waals surface area contributed by atoms with Crippen molar-refractivity contribution >= 4 is 21.0 Å². The molecule has 0 aliphatic carbocycles. The Morgan fingerprint density at radius 2 is 1.41 bits per heavy atom. The van der Waals surface area contributed by atoms with Gasteiger partial charge in [0.15, 0.2) is 0 Å². The van der Waals surface area contributed by atoms with Gasteiger partial charge in [0, 0.05) is 6.61 Å². The molecule has 0 aliphatic rings. The second-order valence-corrected chi connectivity index (χ2v) is 7.89. The average Bonchev–Trinajstić information content (AvgIpc) is 2.67. The van der Waals surface area contributed by atoms with Crippen LogP contribution < -0.4 is 0 Å². The summed E-state index contributed by atoms with van der Waals surface area (Å²) in [5.41, 5.74) is 7.79. The van der Waals surface area contributed by atoms with Gasteiger partial charge in [0.1, 0.15) is 0 Å². The van der Waals surface area contributed by atoms with Gasteiger partial charge in [-0.3, -0.25) is 0 Å². The summed E-state index contributed by atoms with van der Waals surface area (Å²) in [6.45, 7) is 7.22. The van der Waals surface area contributed by atoms with Crippen LogP contribution in [-0.2, 0) is 10.8 Å². The molecule has 0 bridgehead atoms. The first-order valence-corrected chi connectivity index (χ1v) is 10.3. The van der Waals surface area contributed by atoms with Crippen molar-refractivity contribution < 1.29 is 4.43 Å². The van der Waals surface area contributed by atoms with Gasteiger partial charge in [0.25, 0.3) is 9.76 Å². The van der Waals surface area contributed by atoms with Crippen molar-refractivity contribution in [2.75, 3.05) is 6.61 Å². The van der Waals surface area contributed by atoms with Gasteiger partial charge in [-0.1, -0.05) is 78.9 Å². The maximum Gasteiger partial charge on any atom is 0.269 e. The minimum Gasteiger partial charge on any atom is -0.411 e. The molecule has 3 rings (SSSR count). The summed E-state index contributed by atoms with van der Waals surface area (Å²) in [5, 5.41) is 1.26. The summed E-state index contributed by atoms with van der Waals surface area (Å²) in [6.07, 6.45) is 3.23. The fraction of sp³-hybridized carbons (Fsp3) is 0.200. The highest BCUT2D eigenvalue weighted by Crippen LogP contribution is 2.22. The van der Waals surface area contributed by atoms with Gasteiger partial charge in [0.05, 0.1) is 0 Å². The fourth-order valence-corrected chi connectivity index (χ4v) is 4.09. The highest BCUT2D eigenvalue weighted by Gasteiger charge is 2.09. The first-order valence-electron chi connectivity index (χ1n) is 9.41. The standard InChI is InChI=1S/C25H26OSi/c1-19-10-4-7-13-22(19)16-17-26-27-25(24-15-9-6-12-21(24)3)18-23-14-8-5-11-20(23)2/h4-15,18H,16-17H2,1-3H3. The van der Waals surface area contributed by atoms with Crippen LogP contribution in [0.25, 0.3) is 11.3 Å². The normalized spacial score (nSPS) is 11.6. The topological polar surface area (TPSA) is 9.23 Å². The largest absolute Gasteiger partial charge is 0.411 e. The molecule has 0 aliphatic heterocycles. The Balaban J connectivity index is 1.76. The molecule has 0 saturated carbocycles. The Bertz CT molecular complexity index is 927. The molecule has 1 nitrogen and oxygen atoms in total.